The van der Waals surface area contributed by atoms with Crippen LogP contribution in [0.1, 0.15) is 221 Å². The maximum atomic E-state index is 12.7. The van der Waals surface area contributed by atoms with Gasteiger partial charge in [0.1, 0.15) is 11.4 Å². The van der Waals surface area contributed by atoms with Crippen molar-refractivity contribution in [2.45, 2.75) is 227 Å². The summed E-state index contributed by atoms with van der Waals surface area (Å²) in [7, 11) is 1.65. The molecule has 11 heteroatoms. The van der Waals surface area contributed by atoms with Gasteiger partial charge in [0.25, 0.3) is 10.9 Å². The first-order valence-corrected chi connectivity index (χ1v) is 26.1. The highest BCUT2D eigenvalue weighted by atomic mass is 16.7. The van der Waals surface area contributed by atoms with Crippen LogP contribution in [-0.4, -0.2) is 82.8 Å². The third-order valence-electron chi connectivity index (χ3n) is 11.9. The Labute approximate surface area is 385 Å². The fourth-order valence-corrected chi connectivity index (χ4v) is 7.89. The lowest BCUT2D eigenvalue weighted by molar-refractivity contribution is -0.161. The fourth-order valence-electron chi connectivity index (χ4n) is 7.89. The maximum absolute atomic E-state index is 12.7. The second-order valence-corrected chi connectivity index (χ2v) is 18.8. The van der Waals surface area contributed by atoms with E-state index in [9.17, 15) is 19.2 Å². The Bertz CT molecular complexity index is 1270. The zero-order chi connectivity index (χ0) is 46.2. The summed E-state index contributed by atoms with van der Waals surface area (Å²) in [6.45, 7) is 16.8. The van der Waals surface area contributed by atoms with Crippen molar-refractivity contribution in [3.8, 4) is 0 Å². The smallest absolute Gasteiger partial charge is 0.305 e. The molecule has 0 saturated heterocycles. The maximum Gasteiger partial charge on any atom is 0.305 e. The molecule has 0 radical (unpaired) electrons. The standard InChI is InChI=1S/C52H97N3O8/c1-7-8-9-10-11-12-13-16-27-40-60-46(56)33-23-19-25-37-55(39-30-36-54-50-49(53-6)51(58)52(50)59)38-26-20-24-34-47(57)61-43-35-48(62-41-28-17-14-21-31-44(2)3)63-42-29-18-15-22-32-45(4)5/h44-45,48,53-54H,7-43H2,1-6H3. The number of unbranched alkanes of at least 4 members (excludes halogenated alkanes) is 18. The summed E-state index contributed by atoms with van der Waals surface area (Å²) in [5.41, 5.74) is -0.182. The summed E-state index contributed by atoms with van der Waals surface area (Å²) in [6, 6.07) is 0. The Kier molecular flexibility index (Phi) is 38.1. The number of hydrogen-bond donors (Lipinski definition) is 2. The number of nitrogens with one attached hydrogen (secondary N) is 2. The van der Waals surface area contributed by atoms with E-state index in [4.69, 9.17) is 18.9 Å². The summed E-state index contributed by atoms with van der Waals surface area (Å²) >= 11 is 0. The molecule has 0 amide bonds. The van der Waals surface area contributed by atoms with Gasteiger partial charge in [0.2, 0.25) is 0 Å². The molecule has 11 nitrogen and oxygen atoms in total. The van der Waals surface area contributed by atoms with Crippen molar-refractivity contribution in [1.82, 2.24) is 4.90 Å². The lowest BCUT2D eigenvalue weighted by atomic mass is 10.0. The van der Waals surface area contributed by atoms with Crippen molar-refractivity contribution in [1.29, 1.82) is 0 Å². The van der Waals surface area contributed by atoms with E-state index in [0.717, 1.165) is 115 Å². The number of carbonyl (C=O) groups excluding carboxylic acids is 2. The highest BCUT2D eigenvalue weighted by Gasteiger charge is 2.19. The van der Waals surface area contributed by atoms with Crippen LogP contribution in [0, 0.1) is 11.8 Å². The van der Waals surface area contributed by atoms with E-state index in [1.165, 1.54) is 83.5 Å². The Balaban J connectivity index is 2.41. The van der Waals surface area contributed by atoms with Crippen molar-refractivity contribution in [2.75, 3.05) is 70.3 Å². The van der Waals surface area contributed by atoms with Gasteiger partial charge in [-0.1, -0.05) is 150 Å². The second kappa shape index (κ2) is 41.0. The van der Waals surface area contributed by atoms with Gasteiger partial charge in [-0.2, -0.15) is 0 Å². The Morgan fingerprint density at radius 2 is 0.921 bits per heavy atom. The first-order valence-electron chi connectivity index (χ1n) is 26.1. The Hall–Kier alpha value is -2.50. The van der Waals surface area contributed by atoms with Crippen LogP contribution in [-0.2, 0) is 28.5 Å². The average molecular weight is 892 g/mol. The van der Waals surface area contributed by atoms with Gasteiger partial charge in [0.15, 0.2) is 6.29 Å². The molecule has 0 unspecified atom stereocenters. The minimum Gasteiger partial charge on any atom is -0.466 e. The van der Waals surface area contributed by atoms with Crippen LogP contribution < -0.4 is 21.5 Å². The number of rotatable bonds is 47. The van der Waals surface area contributed by atoms with Crippen molar-refractivity contribution >= 4 is 23.3 Å². The molecule has 0 fully saturated rings. The SMILES string of the molecule is CCCCCCCCCCCOC(=O)CCCCCN(CCCCCC(=O)OCCC(OCCCCCCC(C)C)OCCCCCCC(C)C)CCCNc1c(NC)c(=O)c1=O. The molecule has 0 atom stereocenters. The summed E-state index contributed by atoms with van der Waals surface area (Å²) < 4.78 is 23.4. The summed E-state index contributed by atoms with van der Waals surface area (Å²) in [5, 5.41) is 5.96. The lowest BCUT2D eigenvalue weighted by Gasteiger charge is -2.23. The molecule has 0 heterocycles. The third kappa shape index (κ3) is 33.6. The molecule has 0 spiro atoms. The largest absolute Gasteiger partial charge is 0.466 e. The van der Waals surface area contributed by atoms with E-state index in [0.29, 0.717) is 63.6 Å². The van der Waals surface area contributed by atoms with E-state index in [1.54, 1.807) is 7.05 Å². The van der Waals surface area contributed by atoms with Crippen LogP contribution in [0.5, 0.6) is 0 Å². The Morgan fingerprint density at radius 1 is 0.492 bits per heavy atom. The topological polar surface area (TPSA) is 132 Å². The van der Waals surface area contributed by atoms with E-state index < -0.39 is 10.9 Å². The van der Waals surface area contributed by atoms with Gasteiger partial charge in [-0.25, -0.2) is 0 Å². The molecule has 368 valence electrons. The molecule has 0 aliphatic rings. The predicted molar refractivity (Wildman–Crippen MR) is 263 cm³/mol. The molecule has 1 aromatic rings. The van der Waals surface area contributed by atoms with Crippen molar-refractivity contribution in [3.63, 3.8) is 0 Å². The summed E-state index contributed by atoms with van der Waals surface area (Å²) in [5.74, 6) is 1.25. The molecule has 0 aliphatic carbocycles. The summed E-state index contributed by atoms with van der Waals surface area (Å²) in [4.78, 5) is 51.2. The first-order chi connectivity index (χ1) is 30.6. The number of nitrogens with zero attached hydrogens (tertiary/aromatic N) is 1. The van der Waals surface area contributed by atoms with Crippen molar-refractivity contribution in [3.05, 3.63) is 20.4 Å². The number of carbonyl (C=O) groups is 2. The number of ether oxygens (including phenoxy) is 4. The quantitative estimate of drug-likeness (QED) is 0.0280. The second-order valence-electron chi connectivity index (χ2n) is 18.8. The van der Waals surface area contributed by atoms with Gasteiger partial charge in [0, 0.05) is 46.1 Å². The fraction of sp³-hybridized carbons (Fsp3) is 0.885. The van der Waals surface area contributed by atoms with E-state index >= 15 is 0 Å². The highest BCUT2D eigenvalue weighted by molar-refractivity contribution is 5.73. The van der Waals surface area contributed by atoms with E-state index in [1.807, 2.05) is 0 Å². The lowest BCUT2D eigenvalue weighted by Crippen LogP contribution is -2.37. The molecule has 63 heavy (non-hydrogen) atoms. The van der Waals surface area contributed by atoms with Gasteiger partial charge in [0.05, 0.1) is 13.2 Å². The first kappa shape index (κ1) is 58.5. The summed E-state index contributed by atoms with van der Waals surface area (Å²) in [6.07, 6.45) is 30.5. The minimum absolute atomic E-state index is 0.0896. The molecule has 0 aromatic heterocycles. The molecule has 0 saturated carbocycles. The molecular formula is C52H97N3O8. The monoisotopic (exact) mass is 892 g/mol. The van der Waals surface area contributed by atoms with Crippen molar-refractivity contribution < 1.29 is 28.5 Å². The van der Waals surface area contributed by atoms with Gasteiger partial charge >= 0.3 is 11.9 Å². The van der Waals surface area contributed by atoms with E-state index in [2.05, 4.69) is 50.2 Å². The number of esters is 2. The van der Waals surface area contributed by atoms with Gasteiger partial charge < -0.3 is 34.5 Å². The van der Waals surface area contributed by atoms with Crippen molar-refractivity contribution in [2.24, 2.45) is 11.8 Å². The van der Waals surface area contributed by atoms with Gasteiger partial charge in [-0.05, 0) is 82.8 Å². The van der Waals surface area contributed by atoms with Crippen LogP contribution in [0.4, 0.5) is 11.4 Å². The zero-order valence-electron chi connectivity index (χ0n) is 41.6. The molecule has 2 N–H and O–H groups in total. The molecule has 0 bridgehead atoms. The molecular weight excluding hydrogens is 795 g/mol. The van der Waals surface area contributed by atoms with Gasteiger partial charge in [-0.15, -0.1) is 0 Å². The number of anilines is 2. The Morgan fingerprint density at radius 3 is 1.43 bits per heavy atom. The highest BCUT2D eigenvalue weighted by Crippen LogP contribution is 2.16. The predicted octanol–water partition coefficient (Wildman–Crippen LogP) is 12.1. The number of hydrogen-bond acceptors (Lipinski definition) is 11. The van der Waals surface area contributed by atoms with Crippen LogP contribution in [0.25, 0.3) is 0 Å². The van der Waals surface area contributed by atoms with Crippen LogP contribution >= 0.6 is 0 Å². The normalized spacial score (nSPS) is 11.8. The minimum atomic E-state index is -0.465. The molecule has 1 rings (SSSR count). The van der Waals surface area contributed by atoms with Crippen LogP contribution in [0.2, 0.25) is 0 Å². The van der Waals surface area contributed by atoms with Crippen LogP contribution in [0.3, 0.4) is 0 Å². The average Bonchev–Trinajstić information content (AvgIpc) is 3.25. The molecule has 0 aliphatic heterocycles. The molecule has 1 aromatic carbocycles. The zero-order valence-corrected chi connectivity index (χ0v) is 41.6. The van der Waals surface area contributed by atoms with E-state index in [-0.39, 0.29) is 18.2 Å². The van der Waals surface area contributed by atoms with Crippen LogP contribution in [0.15, 0.2) is 9.59 Å². The van der Waals surface area contributed by atoms with Gasteiger partial charge in [-0.3, -0.25) is 19.2 Å². The third-order valence-corrected chi connectivity index (χ3v) is 11.9.